The second-order valence-corrected chi connectivity index (χ2v) is 5.64. The number of pyridine rings is 1. The molecule has 0 atom stereocenters. The SMILES string of the molecule is CCC(C)(C)N(C)C(=O)c1cc(N)c2ccccc2n1. The van der Waals surface area contributed by atoms with Crippen LogP contribution in [0.1, 0.15) is 37.7 Å². The van der Waals surface area contributed by atoms with Gasteiger partial charge in [-0.25, -0.2) is 4.98 Å². The van der Waals surface area contributed by atoms with Crippen LogP contribution in [0, 0.1) is 0 Å². The van der Waals surface area contributed by atoms with Crippen molar-refractivity contribution in [2.24, 2.45) is 0 Å². The van der Waals surface area contributed by atoms with E-state index in [2.05, 4.69) is 11.9 Å². The van der Waals surface area contributed by atoms with Crippen molar-refractivity contribution in [1.82, 2.24) is 9.88 Å². The Morgan fingerprint density at radius 2 is 2.00 bits per heavy atom. The molecule has 2 aromatic rings. The molecule has 1 heterocycles. The van der Waals surface area contributed by atoms with E-state index in [1.54, 1.807) is 18.0 Å². The fraction of sp³-hybridized carbons (Fsp3) is 0.375. The normalized spacial score (nSPS) is 11.6. The van der Waals surface area contributed by atoms with Gasteiger partial charge in [-0.1, -0.05) is 25.1 Å². The van der Waals surface area contributed by atoms with E-state index in [-0.39, 0.29) is 11.4 Å². The van der Waals surface area contributed by atoms with Crippen LogP contribution in [0.4, 0.5) is 5.69 Å². The zero-order valence-electron chi connectivity index (χ0n) is 12.5. The molecule has 4 heteroatoms. The highest BCUT2D eigenvalue weighted by molar-refractivity contribution is 5.99. The van der Waals surface area contributed by atoms with Gasteiger partial charge in [0.05, 0.1) is 5.52 Å². The maximum atomic E-state index is 12.6. The maximum Gasteiger partial charge on any atom is 0.272 e. The first kappa shape index (κ1) is 14.3. The van der Waals surface area contributed by atoms with E-state index in [0.29, 0.717) is 11.4 Å². The number of fused-ring (bicyclic) bond motifs is 1. The Bertz CT molecular complexity index is 649. The Balaban J connectivity index is 2.46. The summed E-state index contributed by atoms with van der Waals surface area (Å²) in [6.07, 6.45) is 0.873. The monoisotopic (exact) mass is 271 g/mol. The number of nitrogens with two attached hydrogens (primary N) is 1. The second kappa shape index (κ2) is 5.12. The van der Waals surface area contributed by atoms with Crippen LogP contribution in [0.15, 0.2) is 30.3 Å². The predicted molar refractivity (Wildman–Crippen MR) is 82.6 cm³/mol. The smallest absolute Gasteiger partial charge is 0.272 e. The minimum absolute atomic E-state index is 0.102. The van der Waals surface area contributed by atoms with Crippen LogP contribution in [0.3, 0.4) is 0 Å². The third kappa shape index (κ3) is 2.46. The zero-order chi connectivity index (χ0) is 14.9. The summed E-state index contributed by atoms with van der Waals surface area (Å²) in [5.41, 5.74) is 7.54. The molecule has 0 aliphatic carbocycles. The molecule has 1 aromatic carbocycles. The minimum atomic E-state index is -0.209. The van der Waals surface area contributed by atoms with Crippen molar-refractivity contribution in [3.05, 3.63) is 36.0 Å². The lowest BCUT2D eigenvalue weighted by Crippen LogP contribution is -2.44. The van der Waals surface area contributed by atoms with Gasteiger partial charge in [-0.2, -0.15) is 0 Å². The first-order valence-corrected chi connectivity index (χ1v) is 6.80. The number of amides is 1. The lowest BCUT2D eigenvalue weighted by atomic mass is 9.99. The number of rotatable bonds is 3. The molecule has 1 amide bonds. The summed E-state index contributed by atoms with van der Waals surface area (Å²) >= 11 is 0. The van der Waals surface area contributed by atoms with Crippen LogP contribution < -0.4 is 5.73 Å². The number of benzene rings is 1. The molecule has 0 saturated heterocycles. The minimum Gasteiger partial charge on any atom is -0.398 e. The van der Waals surface area contributed by atoms with Gasteiger partial charge in [0.2, 0.25) is 0 Å². The molecule has 0 unspecified atom stereocenters. The molecule has 1 aromatic heterocycles. The third-order valence-electron chi connectivity index (χ3n) is 4.05. The number of nitrogens with zero attached hydrogens (tertiary/aromatic N) is 2. The zero-order valence-corrected chi connectivity index (χ0v) is 12.5. The number of carbonyl (C=O) groups is 1. The molecular formula is C16H21N3O. The number of anilines is 1. The van der Waals surface area contributed by atoms with Crippen LogP contribution in [-0.2, 0) is 0 Å². The number of nitrogen functional groups attached to an aromatic ring is 1. The summed E-state index contributed by atoms with van der Waals surface area (Å²) in [6.45, 7) is 6.14. The van der Waals surface area contributed by atoms with E-state index in [4.69, 9.17) is 5.73 Å². The second-order valence-electron chi connectivity index (χ2n) is 5.64. The molecule has 106 valence electrons. The molecule has 0 radical (unpaired) electrons. The molecule has 0 aliphatic heterocycles. The van der Waals surface area contributed by atoms with E-state index in [1.165, 1.54) is 0 Å². The van der Waals surface area contributed by atoms with Crippen molar-refractivity contribution in [3.8, 4) is 0 Å². The Hall–Kier alpha value is -2.10. The fourth-order valence-electron chi connectivity index (χ4n) is 2.00. The molecule has 0 aliphatic rings. The van der Waals surface area contributed by atoms with Crippen molar-refractivity contribution in [1.29, 1.82) is 0 Å². The summed E-state index contributed by atoms with van der Waals surface area (Å²) in [4.78, 5) is 18.7. The lowest BCUT2D eigenvalue weighted by molar-refractivity contribution is 0.0614. The van der Waals surface area contributed by atoms with Crippen LogP contribution in [0.25, 0.3) is 10.9 Å². The summed E-state index contributed by atoms with van der Waals surface area (Å²) in [6, 6.07) is 9.24. The largest absolute Gasteiger partial charge is 0.398 e. The highest BCUT2D eigenvalue weighted by Gasteiger charge is 2.27. The first-order chi connectivity index (χ1) is 9.36. The number of hydrogen-bond acceptors (Lipinski definition) is 3. The van der Waals surface area contributed by atoms with Gasteiger partial charge in [-0.3, -0.25) is 4.79 Å². The maximum absolute atomic E-state index is 12.6. The average molecular weight is 271 g/mol. The van der Waals surface area contributed by atoms with Gasteiger partial charge in [0.15, 0.2) is 0 Å². The summed E-state index contributed by atoms with van der Waals surface area (Å²) < 4.78 is 0. The third-order valence-corrected chi connectivity index (χ3v) is 4.05. The van der Waals surface area contributed by atoms with E-state index >= 15 is 0 Å². The average Bonchev–Trinajstić information content (AvgIpc) is 2.45. The number of para-hydroxylation sites is 1. The van der Waals surface area contributed by atoms with Crippen molar-refractivity contribution in [3.63, 3.8) is 0 Å². The number of hydrogen-bond donors (Lipinski definition) is 1. The van der Waals surface area contributed by atoms with Crippen molar-refractivity contribution in [2.75, 3.05) is 12.8 Å². The van der Waals surface area contributed by atoms with Gasteiger partial charge in [0.25, 0.3) is 5.91 Å². The molecule has 20 heavy (non-hydrogen) atoms. The first-order valence-electron chi connectivity index (χ1n) is 6.80. The lowest BCUT2D eigenvalue weighted by Gasteiger charge is -2.34. The topological polar surface area (TPSA) is 59.2 Å². The van der Waals surface area contributed by atoms with E-state index in [0.717, 1.165) is 17.3 Å². The van der Waals surface area contributed by atoms with Gasteiger partial charge in [0.1, 0.15) is 5.69 Å². The Kier molecular flexibility index (Phi) is 3.66. The van der Waals surface area contributed by atoms with Gasteiger partial charge >= 0.3 is 0 Å². The molecule has 0 bridgehead atoms. The van der Waals surface area contributed by atoms with Crippen molar-refractivity contribution >= 4 is 22.5 Å². The van der Waals surface area contributed by atoms with Gasteiger partial charge in [0, 0.05) is 23.7 Å². The number of carbonyl (C=O) groups excluding carboxylic acids is 1. The molecule has 0 saturated carbocycles. The summed E-state index contributed by atoms with van der Waals surface area (Å²) in [5, 5.41) is 0.876. The van der Waals surface area contributed by atoms with E-state index in [9.17, 15) is 4.79 Å². The summed E-state index contributed by atoms with van der Waals surface area (Å²) in [7, 11) is 1.80. The van der Waals surface area contributed by atoms with Crippen LogP contribution >= 0.6 is 0 Å². The number of aromatic nitrogens is 1. The van der Waals surface area contributed by atoms with Crippen LogP contribution in [0.2, 0.25) is 0 Å². The van der Waals surface area contributed by atoms with Gasteiger partial charge in [-0.15, -0.1) is 0 Å². The highest BCUT2D eigenvalue weighted by atomic mass is 16.2. The van der Waals surface area contributed by atoms with E-state index < -0.39 is 0 Å². The van der Waals surface area contributed by atoms with Crippen molar-refractivity contribution in [2.45, 2.75) is 32.7 Å². The summed E-state index contributed by atoms with van der Waals surface area (Å²) in [5.74, 6) is -0.102. The Labute approximate surface area is 119 Å². The van der Waals surface area contributed by atoms with Gasteiger partial charge in [-0.05, 0) is 32.4 Å². The molecule has 4 nitrogen and oxygen atoms in total. The van der Waals surface area contributed by atoms with E-state index in [1.807, 2.05) is 38.1 Å². The van der Waals surface area contributed by atoms with Crippen LogP contribution in [0.5, 0.6) is 0 Å². The van der Waals surface area contributed by atoms with Gasteiger partial charge < -0.3 is 10.6 Å². The fourth-order valence-corrected chi connectivity index (χ4v) is 2.00. The standard InChI is InChI=1S/C16H21N3O/c1-5-16(2,3)19(4)15(20)14-10-12(17)11-8-6-7-9-13(11)18-14/h6-10H,5H2,1-4H3,(H2,17,18). The highest BCUT2D eigenvalue weighted by Crippen LogP contribution is 2.23. The molecular weight excluding hydrogens is 250 g/mol. The molecule has 2 N–H and O–H groups in total. The molecule has 0 fully saturated rings. The Morgan fingerprint density at radius 1 is 1.35 bits per heavy atom. The van der Waals surface area contributed by atoms with Crippen LogP contribution in [-0.4, -0.2) is 28.4 Å². The quantitative estimate of drug-likeness (QED) is 0.933. The van der Waals surface area contributed by atoms with Crippen molar-refractivity contribution < 1.29 is 4.79 Å². The molecule has 0 spiro atoms. The predicted octanol–water partition coefficient (Wildman–Crippen LogP) is 3.08. The Morgan fingerprint density at radius 3 is 2.65 bits per heavy atom. The molecule has 2 rings (SSSR count).